The fourth-order valence-electron chi connectivity index (χ4n) is 1.77. The molecule has 0 atom stereocenters. The summed E-state index contributed by atoms with van der Waals surface area (Å²) in [5, 5.41) is 9.85. The summed E-state index contributed by atoms with van der Waals surface area (Å²) in [5.41, 5.74) is 0.758. The van der Waals surface area contributed by atoms with Crippen molar-refractivity contribution in [2.45, 2.75) is 38.2 Å². The second-order valence-corrected chi connectivity index (χ2v) is 4.36. The monoisotopic (exact) mass is 206 g/mol. The van der Waals surface area contributed by atoms with E-state index in [1.165, 1.54) is 5.56 Å². The van der Waals surface area contributed by atoms with Crippen molar-refractivity contribution < 1.29 is 9.84 Å². The third kappa shape index (κ3) is 2.51. The van der Waals surface area contributed by atoms with Crippen molar-refractivity contribution >= 4 is 0 Å². The Morgan fingerprint density at radius 1 is 1.27 bits per heavy atom. The van der Waals surface area contributed by atoms with Crippen molar-refractivity contribution in [2.75, 3.05) is 6.61 Å². The van der Waals surface area contributed by atoms with E-state index in [1.807, 2.05) is 12.1 Å². The molecule has 1 aromatic carbocycles. The van der Waals surface area contributed by atoms with Gasteiger partial charge in [0.05, 0.1) is 5.60 Å². The van der Waals surface area contributed by atoms with Crippen LogP contribution in [0.15, 0.2) is 24.3 Å². The van der Waals surface area contributed by atoms with E-state index in [2.05, 4.69) is 19.1 Å². The van der Waals surface area contributed by atoms with Crippen LogP contribution in [0.2, 0.25) is 0 Å². The van der Waals surface area contributed by atoms with E-state index in [0.29, 0.717) is 6.61 Å². The lowest BCUT2D eigenvalue weighted by Crippen LogP contribution is -2.42. The van der Waals surface area contributed by atoms with Gasteiger partial charge in [-0.05, 0) is 43.4 Å². The Bertz CT molecular complexity index is 312. The maximum atomic E-state index is 9.85. The SMILES string of the molecule is CCc1ccc(OCC2(O)CCC2)cc1. The Morgan fingerprint density at radius 2 is 1.93 bits per heavy atom. The van der Waals surface area contributed by atoms with E-state index in [-0.39, 0.29) is 0 Å². The van der Waals surface area contributed by atoms with Crippen LogP contribution < -0.4 is 4.74 Å². The first-order valence-corrected chi connectivity index (χ1v) is 5.66. The zero-order valence-corrected chi connectivity index (χ0v) is 9.20. The first-order valence-electron chi connectivity index (χ1n) is 5.66. The molecule has 15 heavy (non-hydrogen) atoms. The van der Waals surface area contributed by atoms with Crippen molar-refractivity contribution in [2.24, 2.45) is 0 Å². The molecule has 0 radical (unpaired) electrons. The minimum absolute atomic E-state index is 0.429. The summed E-state index contributed by atoms with van der Waals surface area (Å²) < 4.78 is 5.56. The highest BCUT2D eigenvalue weighted by Crippen LogP contribution is 2.32. The maximum Gasteiger partial charge on any atom is 0.119 e. The van der Waals surface area contributed by atoms with Crippen LogP contribution in [0.4, 0.5) is 0 Å². The van der Waals surface area contributed by atoms with Crippen molar-refractivity contribution in [1.82, 2.24) is 0 Å². The van der Waals surface area contributed by atoms with Gasteiger partial charge in [-0.3, -0.25) is 0 Å². The van der Waals surface area contributed by atoms with E-state index in [9.17, 15) is 5.11 Å². The average Bonchev–Trinajstić information content (AvgIpc) is 2.24. The summed E-state index contributed by atoms with van der Waals surface area (Å²) in [6.07, 6.45) is 3.92. The quantitative estimate of drug-likeness (QED) is 0.820. The molecule has 1 aliphatic carbocycles. The molecule has 1 aliphatic rings. The largest absolute Gasteiger partial charge is 0.491 e. The molecule has 1 fully saturated rings. The zero-order chi connectivity index (χ0) is 10.7. The lowest BCUT2D eigenvalue weighted by atomic mass is 9.81. The highest BCUT2D eigenvalue weighted by molar-refractivity contribution is 5.27. The van der Waals surface area contributed by atoms with Crippen molar-refractivity contribution in [3.05, 3.63) is 29.8 Å². The number of aryl methyl sites for hydroxylation is 1. The third-order valence-electron chi connectivity index (χ3n) is 3.12. The summed E-state index contributed by atoms with van der Waals surface area (Å²) in [4.78, 5) is 0. The van der Waals surface area contributed by atoms with Gasteiger partial charge in [-0.2, -0.15) is 0 Å². The Kier molecular flexibility index (Phi) is 2.96. The molecule has 2 heteroatoms. The molecular weight excluding hydrogens is 188 g/mol. The van der Waals surface area contributed by atoms with Crippen LogP contribution in [0, 0.1) is 0 Å². The van der Waals surface area contributed by atoms with Gasteiger partial charge in [0.25, 0.3) is 0 Å². The first kappa shape index (κ1) is 10.5. The minimum atomic E-state index is -0.552. The molecule has 2 rings (SSSR count). The van der Waals surface area contributed by atoms with Crippen LogP contribution >= 0.6 is 0 Å². The molecule has 2 nitrogen and oxygen atoms in total. The van der Waals surface area contributed by atoms with E-state index < -0.39 is 5.60 Å². The van der Waals surface area contributed by atoms with Gasteiger partial charge in [0.2, 0.25) is 0 Å². The van der Waals surface area contributed by atoms with Crippen LogP contribution in [-0.4, -0.2) is 17.3 Å². The number of hydrogen-bond donors (Lipinski definition) is 1. The molecule has 0 aromatic heterocycles. The fourth-order valence-corrected chi connectivity index (χ4v) is 1.77. The van der Waals surface area contributed by atoms with Gasteiger partial charge in [0.1, 0.15) is 12.4 Å². The normalized spacial score (nSPS) is 18.3. The van der Waals surface area contributed by atoms with Crippen LogP contribution in [0.3, 0.4) is 0 Å². The van der Waals surface area contributed by atoms with Gasteiger partial charge in [-0.1, -0.05) is 19.1 Å². The molecule has 1 N–H and O–H groups in total. The molecule has 1 saturated carbocycles. The summed E-state index contributed by atoms with van der Waals surface area (Å²) in [5.74, 6) is 0.854. The van der Waals surface area contributed by atoms with Crippen LogP contribution in [0.1, 0.15) is 31.7 Å². The highest BCUT2D eigenvalue weighted by Gasteiger charge is 2.35. The minimum Gasteiger partial charge on any atom is -0.491 e. The van der Waals surface area contributed by atoms with Gasteiger partial charge in [0.15, 0.2) is 0 Å². The highest BCUT2D eigenvalue weighted by atomic mass is 16.5. The Hall–Kier alpha value is -1.02. The molecule has 0 bridgehead atoms. The lowest BCUT2D eigenvalue weighted by Gasteiger charge is -2.35. The Labute approximate surface area is 90.9 Å². The van der Waals surface area contributed by atoms with Crippen LogP contribution in [-0.2, 0) is 6.42 Å². The summed E-state index contributed by atoms with van der Waals surface area (Å²) in [7, 11) is 0. The number of benzene rings is 1. The standard InChI is InChI=1S/C13H18O2/c1-2-11-4-6-12(7-5-11)15-10-13(14)8-3-9-13/h4-7,14H,2-3,8-10H2,1H3. The predicted molar refractivity (Wildman–Crippen MR) is 60.1 cm³/mol. The van der Waals surface area contributed by atoms with Gasteiger partial charge >= 0.3 is 0 Å². The zero-order valence-electron chi connectivity index (χ0n) is 9.20. The van der Waals surface area contributed by atoms with Crippen LogP contribution in [0.25, 0.3) is 0 Å². The molecule has 0 unspecified atom stereocenters. The average molecular weight is 206 g/mol. The van der Waals surface area contributed by atoms with Crippen molar-refractivity contribution in [1.29, 1.82) is 0 Å². The van der Waals surface area contributed by atoms with E-state index >= 15 is 0 Å². The number of aliphatic hydroxyl groups is 1. The first-order chi connectivity index (χ1) is 7.22. The molecule has 0 heterocycles. The Morgan fingerprint density at radius 3 is 2.40 bits per heavy atom. The maximum absolute atomic E-state index is 9.85. The van der Waals surface area contributed by atoms with Gasteiger partial charge in [-0.25, -0.2) is 0 Å². The molecular formula is C13H18O2. The smallest absolute Gasteiger partial charge is 0.119 e. The van der Waals surface area contributed by atoms with Gasteiger partial charge < -0.3 is 9.84 Å². The molecule has 0 saturated heterocycles. The molecule has 0 spiro atoms. The number of hydrogen-bond acceptors (Lipinski definition) is 2. The second-order valence-electron chi connectivity index (χ2n) is 4.36. The summed E-state index contributed by atoms with van der Waals surface area (Å²) in [6, 6.07) is 8.09. The van der Waals surface area contributed by atoms with Crippen molar-refractivity contribution in [3.8, 4) is 5.75 Å². The molecule has 0 aliphatic heterocycles. The molecule has 1 aromatic rings. The lowest BCUT2D eigenvalue weighted by molar-refractivity contribution is -0.0663. The Balaban J connectivity index is 1.87. The van der Waals surface area contributed by atoms with Crippen molar-refractivity contribution in [3.63, 3.8) is 0 Å². The van der Waals surface area contributed by atoms with Gasteiger partial charge in [0, 0.05) is 0 Å². The summed E-state index contributed by atoms with van der Waals surface area (Å²) >= 11 is 0. The molecule has 0 amide bonds. The second kappa shape index (κ2) is 4.23. The van der Waals surface area contributed by atoms with E-state index in [4.69, 9.17) is 4.74 Å². The van der Waals surface area contributed by atoms with E-state index in [1.54, 1.807) is 0 Å². The molecule has 82 valence electrons. The van der Waals surface area contributed by atoms with Crippen LogP contribution in [0.5, 0.6) is 5.75 Å². The fraction of sp³-hybridized carbons (Fsp3) is 0.538. The van der Waals surface area contributed by atoms with E-state index in [0.717, 1.165) is 31.4 Å². The topological polar surface area (TPSA) is 29.5 Å². The predicted octanol–water partition coefficient (Wildman–Crippen LogP) is 2.54. The third-order valence-corrected chi connectivity index (χ3v) is 3.12. The number of rotatable bonds is 4. The number of ether oxygens (including phenoxy) is 1. The van der Waals surface area contributed by atoms with Gasteiger partial charge in [-0.15, -0.1) is 0 Å². The summed E-state index contributed by atoms with van der Waals surface area (Å²) in [6.45, 7) is 2.56.